The highest BCUT2D eigenvalue weighted by atomic mass is 35.5. The van der Waals surface area contributed by atoms with Crippen molar-refractivity contribution >= 4 is 34.7 Å². The van der Waals surface area contributed by atoms with E-state index in [1.807, 2.05) is 12.1 Å². The van der Waals surface area contributed by atoms with Gasteiger partial charge >= 0.3 is 6.18 Å². The van der Waals surface area contributed by atoms with Gasteiger partial charge in [0, 0.05) is 37.7 Å². The number of hydrogen-bond donors (Lipinski definition) is 1. The lowest BCUT2D eigenvalue weighted by Gasteiger charge is -2.29. The molecular weight excluding hydrogens is 409 g/mol. The number of nitrogens with zero attached hydrogens (tertiary/aromatic N) is 3. The van der Waals surface area contributed by atoms with Gasteiger partial charge in [0.1, 0.15) is 5.82 Å². The quantitative estimate of drug-likeness (QED) is 0.787. The largest absolute Gasteiger partial charge is 0.417 e. The number of alkyl halides is 3. The molecule has 1 aliphatic rings. The average Bonchev–Trinajstić information content (AvgIpc) is 2.68. The van der Waals surface area contributed by atoms with Crippen molar-refractivity contribution in [3.8, 4) is 0 Å². The molecule has 3 rings (SSSR count). The second kappa shape index (κ2) is 8.87. The lowest BCUT2D eigenvalue weighted by Crippen LogP contribution is -2.36. The molecule has 1 aromatic carbocycles. The van der Waals surface area contributed by atoms with E-state index < -0.39 is 11.7 Å². The Bertz CT molecular complexity index is 856. The minimum Gasteiger partial charge on any atom is -0.378 e. The van der Waals surface area contributed by atoms with Gasteiger partial charge in [0.2, 0.25) is 5.91 Å². The van der Waals surface area contributed by atoms with Crippen molar-refractivity contribution in [3.63, 3.8) is 0 Å². The summed E-state index contributed by atoms with van der Waals surface area (Å²) in [6.45, 7) is 2.88. The molecule has 0 saturated carbocycles. The molecule has 10 heteroatoms. The summed E-state index contributed by atoms with van der Waals surface area (Å²) in [5.74, 6) is -0.248. The molecule has 0 aliphatic carbocycles. The maximum absolute atomic E-state index is 12.7. The molecule has 0 unspecified atom stereocenters. The molecule has 0 atom stereocenters. The maximum Gasteiger partial charge on any atom is 0.417 e. The van der Waals surface area contributed by atoms with Crippen LogP contribution in [0.4, 0.5) is 30.4 Å². The summed E-state index contributed by atoms with van der Waals surface area (Å²) in [7, 11) is 1.53. The summed E-state index contributed by atoms with van der Waals surface area (Å²) in [5, 5.41) is 2.58. The van der Waals surface area contributed by atoms with Crippen LogP contribution in [0.1, 0.15) is 5.56 Å². The van der Waals surface area contributed by atoms with Crippen molar-refractivity contribution in [2.45, 2.75) is 6.18 Å². The average molecular weight is 429 g/mol. The van der Waals surface area contributed by atoms with E-state index in [0.29, 0.717) is 25.1 Å². The van der Waals surface area contributed by atoms with Crippen molar-refractivity contribution in [1.82, 2.24) is 4.98 Å². The summed E-state index contributed by atoms with van der Waals surface area (Å²) < 4.78 is 43.5. The third-order valence-corrected chi connectivity index (χ3v) is 4.70. The number of hydrogen-bond acceptors (Lipinski definition) is 5. The van der Waals surface area contributed by atoms with E-state index in [4.69, 9.17) is 16.3 Å². The van der Waals surface area contributed by atoms with Gasteiger partial charge in [-0.05, 0) is 30.3 Å². The van der Waals surface area contributed by atoms with Crippen molar-refractivity contribution in [2.75, 3.05) is 55.0 Å². The van der Waals surface area contributed by atoms with Crippen LogP contribution in [-0.2, 0) is 15.7 Å². The summed E-state index contributed by atoms with van der Waals surface area (Å²) >= 11 is 5.92. The van der Waals surface area contributed by atoms with Gasteiger partial charge in [0.25, 0.3) is 0 Å². The second-order valence-electron chi connectivity index (χ2n) is 6.58. The fourth-order valence-electron chi connectivity index (χ4n) is 2.93. The van der Waals surface area contributed by atoms with Crippen LogP contribution in [0.3, 0.4) is 0 Å². The zero-order chi connectivity index (χ0) is 21.0. The lowest BCUT2D eigenvalue weighted by molar-refractivity contribution is -0.137. The number of benzene rings is 1. The fourth-order valence-corrected chi connectivity index (χ4v) is 3.25. The number of anilines is 3. The minimum atomic E-state index is -4.53. The third-order valence-electron chi connectivity index (χ3n) is 4.42. The van der Waals surface area contributed by atoms with E-state index in [-0.39, 0.29) is 23.3 Å². The number of rotatable bonds is 5. The van der Waals surface area contributed by atoms with Gasteiger partial charge in [0.15, 0.2) is 0 Å². The Balaban J connectivity index is 1.58. The summed E-state index contributed by atoms with van der Waals surface area (Å²) in [5.41, 5.74) is 0.723. The molecule has 156 valence electrons. The molecule has 0 radical (unpaired) electrons. The second-order valence-corrected chi connectivity index (χ2v) is 6.98. The molecule has 0 bridgehead atoms. The number of pyridine rings is 1. The molecule has 2 heterocycles. The monoisotopic (exact) mass is 428 g/mol. The number of aromatic nitrogens is 1. The SMILES string of the molecule is CN(CC(=O)Nc1ccc(N2CCOCC2)cc1)c1ncc(C(F)(F)F)cc1Cl. The number of ether oxygens (including phenoxy) is 1. The first-order valence-corrected chi connectivity index (χ1v) is 9.28. The van der Waals surface area contributed by atoms with Gasteiger partial charge in [-0.1, -0.05) is 11.6 Å². The van der Waals surface area contributed by atoms with Crippen LogP contribution in [0.15, 0.2) is 36.5 Å². The zero-order valence-corrected chi connectivity index (χ0v) is 16.4. The molecule has 1 amide bonds. The Labute approximate surface area is 171 Å². The normalized spacial score (nSPS) is 14.6. The standard InChI is InChI=1S/C19H20ClF3N4O2/c1-26(18-16(20)10-13(11-24-18)19(21,22)23)12-17(28)25-14-2-4-15(5-3-14)27-6-8-29-9-7-27/h2-5,10-11H,6-9,12H2,1H3,(H,25,28). The van der Waals surface area contributed by atoms with Crippen LogP contribution >= 0.6 is 11.6 Å². The molecule has 1 saturated heterocycles. The zero-order valence-electron chi connectivity index (χ0n) is 15.7. The molecule has 29 heavy (non-hydrogen) atoms. The van der Waals surface area contributed by atoms with E-state index >= 15 is 0 Å². The Morgan fingerprint density at radius 1 is 1.28 bits per heavy atom. The van der Waals surface area contributed by atoms with E-state index in [9.17, 15) is 18.0 Å². The Kier molecular flexibility index (Phi) is 6.49. The van der Waals surface area contributed by atoms with E-state index in [2.05, 4.69) is 15.2 Å². The smallest absolute Gasteiger partial charge is 0.378 e. The first kappa shape index (κ1) is 21.2. The number of halogens is 4. The van der Waals surface area contributed by atoms with Gasteiger partial charge in [-0.2, -0.15) is 13.2 Å². The van der Waals surface area contributed by atoms with Crippen LogP contribution in [0, 0.1) is 0 Å². The number of amides is 1. The molecule has 1 N–H and O–H groups in total. The van der Waals surface area contributed by atoms with Crippen LogP contribution in [0.25, 0.3) is 0 Å². The molecule has 6 nitrogen and oxygen atoms in total. The number of morpholine rings is 1. The van der Waals surface area contributed by atoms with E-state index in [1.165, 1.54) is 11.9 Å². The molecule has 1 aliphatic heterocycles. The van der Waals surface area contributed by atoms with Gasteiger partial charge in [-0.15, -0.1) is 0 Å². The minimum absolute atomic E-state index is 0.0949. The predicted molar refractivity (Wildman–Crippen MR) is 106 cm³/mol. The Hall–Kier alpha value is -2.52. The topological polar surface area (TPSA) is 57.7 Å². The summed E-state index contributed by atoms with van der Waals surface area (Å²) in [6, 6.07) is 8.22. The first-order chi connectivity index (χ1) is 13.7. The lowest BCUT2D eigenvalue weighted by atomic mass is 10.2. The van der Waals surface area contributed by atoms with Crippen LogP contribution < -0.4 is 15.1 Å². The molecule has 1 aromatic heterocycles. The fraction of sp³-hybridized carbons (Fsp3) is 0.368. The number of carbonyl (C=O) groups excluding carboxylic acids is 1. The molecular formula is C19H20ClF3N4O2. The Morgan fingerprint density at radius 3 is 2.52 bits per heavy atom. The van der Waals surface area contributed by atoms with Gasteiger partial charge in [-0.3, -0.25) is 4.79 Å². The Morgan fingerprint density at radius 2 is 1.93 bits per heavy atom. The van der Waals surface area contributed by atoms with Crippen molar-refractivity contribution in [3.05, 3.63) is 47.1 Å². The van der Waals surface area contributed by atoms with Crippen LogP contribution in [0.5, 0.6) is 0 Å². The highest BCUT2D eigenvalue weighted by Gasteiger charge is 2.32. The number of nitrogens with one attached hydrogen (secondary N) is 1. The van der Waals surface area contributed by atoms with E-state index in [1.54, 1.807) is 12.1 Å². The van der Waals surface area contributed by atoms with Crippen molar-refractivity contribution in [1.29, 1.82) is 0 Å². The van der Waals surface area contributed by atoms with Gasteiger partial charge in [0.05, 0.1) is 30.3 Å². The summed E-state index contributed by atoms with van der Waals surface area (Å²) in [6.07, 6.45) is -3.83. The maximum atomic E-state index is 12.7. The third kappa shape index (κ3) is 5.51. The summed E-state index contributed by atoms with van der Waals surface area (Å²) in [4.78, 5) is 19.6. The van der Waals surface area contributed by atoms with Gasteiger partial charge < -0.3 is 19.9 Å². The van der Waals surface area contributed by atoms with Crippen molar-refractivity contribution < 1.29 is 22.7 Å². The molecule has 0 spiro atoms. The highest BCUT2D eigenvalue weighted by molar-refractivity contribution is 6.33. The number of likely N-dealkylation sites (N-methyl/N-ethyl adjacent to an activating group) is 1. The first-order valence-electron chi connectivity index (χ1n) is 8.90. The molecule has 2 aromatic rings. The predicted octanol–water partition coefficient (Wildman–Crippen LogP) is 3.67. The van der Waals surface area contributed by atoms with Crippen LogP contribution in [-0.4, -0.2) is 50.8 Å². The molecule has 1 fully saturated rings. The highest BCUT2D eigenvalue weighted by Crippen LogP contribution is 2.33. The number of carbonyl (C=O) groups is 1. The van der Waals surface area contributed by atoms with Crippen molar-refractivity contribution in [2.24, 2.45) is 0 Å². The van der Waals surface area contributed by atoms with Gasteiger partial charge in [-0.25, -0.2) is 4.98 Å². The van der Waals surface area contributed by atoms with Crippen LogP contribution in [0.2, 0.25) is 5.02 Å². The van der Waals surface area contributed by atoms with E-state index in [0.717, 1.165) is 24.8 Å².